The molecule has 2 atom stereocenters. The molecule has 1 fully saturated rings. The average Bonchev–Trinajstić information content (AvgIpc) is 2.13. The van der Waals surface area contributed by atoms with Crippen LogP contribution in [0.25, 0.3) is 0 Å². The molecule has 1 aliphatic heterocycles. The molecule has 1 heterocycles. The number of nitrogens with two attached hydrogens (primary N) is 1. The third-order valence-electron chi connectivity index (χ3n) is 1.68. The van der Waals surface area contributed by atoms with Gasteiger partial charge in [-0.05, 0) is 6.42 Å². The number of carbonyl (C=O) groups is 1. The maximum absolute atomic E-state index is 10.2. The van der Waals surface area contributed by atoms with Gasteiger partial charge < -0.3 is 16.2 Å². The molecule has 58 valence electrons. The van der Waals surface area contributed by atoms with Crippen LogP contribution in [0.3, 0.4) is 0 Å². The number of hydrogen-bond donors (Lipinski definition) is 3. The van der Waals surface area contributed by atoms with Crippen LogP contribution in [0.1, 0.15) is 12.8 Å². The van der Waals surface area contributed by atoms with Crippen molar-refractivity contribution in [3.63, 3.8) is 0 Å². The Kier molecular flexibility index (Phi) is 2.24. The maximum Gasteiger partial charge on any atom is 0.304 e. The van der Waals surface area contributed by atoms with E-state index in [-0.39, 0.29) is 18.5 Å². The topological polar surface area (TPSA) is 75.3 Å². The van der Waals surface area contributed by atoms with Gasteiger partial charge in [0, 0.05) is 18.6 Å². The third kappa shape index (κ3) is 1.97. The van der Waals surface area contributed by atoms with Crippen molar-refractivity contribution in [2.24, 2.45) is 5.73 Å². The summed E-state index contributed by atoms with van der Waals surface area (Å²) in [6.45, 7) is 0.748. The molecule has 1 rings (SSSR count). The summed E-state index contributed by atoms with van der Waals surface area (Å²) in [6.07, 6.45) is 0.972. The SMILES string of the molecule is N[C@@H]1CN[C@H](CC(=O)O)C1. The van der Waals surface area contributed by atoms with Crippen LogP contribution in [0, 0.1) is 0 Å². The van der Waals surface area contributed by atoms with Crippen molar-refractivity contribution in [3.05, 3.63) is 0 Å². The van der Waals surface area contributed by atoms with Crippen LogP contribution in [-0.4, -0.2) is 29.7 Å². The van der Waals surface area contributed by atoms with Crippen molar-refractivity contribution in [1.82, 2.24) is 5.32 Å². The fourth-order valence-electron chi connectivity index (χ4n) is 1.22. The lowest BCUT2D eigenvalue weighted by molar-refractivity contribution is -0.137. The van der Waals surface area contributed by atoms with E-state index in [1.54, 1.807) is 0 Å². The Morgan fingerprint density at radius 1 is 1.80 bits per heavy atom. The van der Waals surface area contributed by atoms with Gasteiger partial charge in [-0.25, -0.2) is 0 Å². The van der Waals surface area contributed by atoms with E-state index < -0.39 is 5.97 Å². The summed E-state index contributed by atoms with van der Waals surface area (Å²) in [5.74, 6) is -0.758. The van der Waals surface area contributed by atoms with Crippen LogP contribution in [-0.2, 0) is 4.79 Å². The third-order valence-corrected chi connectivity index (χ3v) is 1.68. The van der Waals surface area contributed by atoms with E-state index in [0.29, 0.717) is 0 Å². The molecule has 0 radical (unpaired) electrons. The first kappa shape index (κ1) is 7.50. The van der Waals surface area contributed by atoms with Crippen molar-refractivity contribution in [2.75, 3.05) is 6.54 Å². The second-order valence-electron chi connectivity index (χ2n) is 2.70. The smallest absolute Gasteiger partial charge is 0.304 e. The lowest BCUT2D eigenvalue weighted by atomic mass is 10.1. The second kappa shape index (κ2) is 2.98. The van der Waals surface area contributed by atoms with E-state index >= 15 is 0 Å². The van der Waals surface area contributed by atoms with Gasteiger partial charge in [0.2, 0.25) is 0 Å². The molecular weight excluding hydrogens is 132 g/mol. The summed E-state index contributed by atoms with van der Waals surface area (Å²) in [5, 5.41) is 11.4. The highest BCUT2D eigenvalue weighted by atomic mass is 16.4. The lowest BCUT2D eigenvalue weighted by Crippen LogP contribution is -2.24. The molecule has 0 aromatic rings. The Labute approximate surface area is 59.4 Å². The molecule has 1 aliphatic rings. The molecular formula is C6H12N2O2. The van der Waals surface area contributed by atoms with Crippen molar-refractivity contribution >= 4 is 5.97 Å². The highest BCUT2D eigenvalue weighted by Crippen LogP contribution is 2.07. The first-order chi connectivity index (χ1) is 4.68. The summed E-state index contributed by atoms with van der Waals surface area (Å²) in [7, 11) is 0. The minimum atomic E-state index is -0.758. The van der Waals surface area contributed by atoms with Crippen LogP contribution in [0.4, 0.5) is 0 Å². The van der Waals surface area contributed by atoms with E-state index in [4.69, 9.17) is 10.8 Å². The summed E-state index contributed by atoms with van der Waals surface area (Å²) in [5.41, 5.74) is 5.55. The highest BCUT2D eigenvalue weighted by molar-refractivity contribution is 5.67. The molecule has 0 unspecified atom stereocenters. The Hall–Kier alpha value is -0.610. The maximum atomic E-state index is 10.2. The number of aliphatic carboxylic acids is 1. The van der Waals surface area contributed by atoms with Crippen LogP contribution in [0.5, 0.6) is 0 Å². The van der Waals surface area contributed by atoms with Gasteiger partial charge in [-0.15, -0.1) is 0 Å². The normalized spacial score (nSPS) is 32.5. The van der Waals surface area contributed by atoms with Crippen molar-refractivity contribution in [1.29, 1.82) is 0 Å². The minimum Gasteiger partial charge on any atom is -0.481 e. The molecule has 0 aliphatic carbocycles. The predicted molar refractivity (Wildman–Crippen MR) is 36.6 cm³/mol. The lowest BCUT2D eigenvalue weighted by Gasteiger charge is -2.04. The summed E-state index contributed by atoms with van der Waals surface area (Å²) >= 11 is 0. The first-order valence-electron chi connectivity index (χ1n) is 3.39. The van der Waals surface area contributed by atoms with Gasteiger partial charge in [0.1, 0.15) is 0 Å². The summed E-state index contributed by atoms with van der Waals surface area (Å²) in [4.78, 5) is 10.2. The summed E-state index contributed by atoms with van der Waals surface area (Å²) in [6, 6.07) is 0.233. The number of rotatable bonds is 2. The zero-order chi connectivity index (χ0) is 7.56. The molecule has 4 N–H and O–H groups in total. The number of carboxylic acid groups (broad SMARTS) is 1. The average molecular weight is 144 g/mol. The quantitative estimate of drug-likeness (QED) is 0.472. The van der Waals surface area contributed by atoms with Crippen LogP contribution in [0.15, 0.2) is 0 Å². The van der Waals surface area contributed by atoms with E-state index in [1.165, 1.54) is 0 Å². The summed E-state index contributed by atoms with van der Waals surface area (Å²) < 4.78 is 0. The molecule has 0 spiro atoms. The highest BCUT2D eigenvalue weighted by Gasteiger charge is 2.22. The van der Waals surface area contributed by atoms with Gasteiger partial charge in [0.05, 0.1) is 6.42 Å². The zero-order valence-corrected chi connectivity index (χ0v) is 5.71. The van der Waals surface area contributed by atoms with Crippen molar-refractivity contribution < 1.29 is 9.90 Å². The van der Waals surface area contributed by atoms with E-state index in [9.17, 15) is 4.79 Å². The van der Waals surface area contributed by atoms with E-state index in [0.717, 1.165) is 13.0 Å². The number of carboxylic acids is 1. The minimum absolute atomic E-state index is 0.0903. The fourth-order valence-corrected chi connectivity index (χ4v) is 1.22. The van der Waals surface area contributed by atoms with Crippen LogP contribution in [0.2, 0.25) is 0 Å². The van der Waals surface area contributed by atoms with E-state index in [2.05, 4.69) is 5.32 Å². The van der Waals surface area contributed by atoms with Crippen LogP contribution < -0.4 is 11.1 Å². The van der Waals surface area contributed by atoms with E-state index in [1.807, 2.05) is 0 Å². The second-order valence-corrected chi connectivity index (χ2v) is 2.70. The van der Waals surface area contributed by atoms with Crippen molar-refractivity contribution in [3.8, 4) is 0 Å². The fraction of sp³-hybridized carbons (Fsp3) is 0.833. The monoisotopic (exact) mass is 144 g/mol. The number of nitrogens with one attached hydrogen (secondary N) is 1. The van der Waals surface area contributed by atoms with Gasteiger partial charge in [0.25, 0.3) is 0 Å². The molecule has 1 saturated heterocycles. The zero-order valence-electron chi connectivity index (χ0n) is 5.71. The Morgan fingerprint density at radius 3 is 2.90 bits per heavy atom. The van der Waals surface area contributed by atoms with Gasteiger partial charge in [-0.2, -0.15) is 0 Å². The molecule has 4 nitrogen and oxygen atoms in total. The van der Waals surface area contributed by atoms with Crippen molar-refractivity contribution in [2.45, 2.75) is 24.9 Å². The largest absolute Gasteiger partial charge is 0.481 e. The number of hydrogen-bond acceptors (Lipinski definition) is 3. The molecule has 0 bridgehead atoms. The molecule has 10 heavy (non-hydrogen) atoms. The molecule has 4 heteroatoms. The molecule has 0 aromatic heterocycles. The molecule has 0 aromatic carbocycles. The Morgan fingerprint density at radius 2 is 2.50 bits per heavy atom. The van der Waals surface area contributed by atoms with Crippen LogP contribution >= 0.6 is 0 Å². The predicted octanol–water partition coefficient (Wildman–Crippen LogP) is -0.850. The Bertz CT molecular complexity index is 138. The van der Waals surface area contributed by atoms with Gasteiger partial charge >= 0.3 is 5.97 Å². The standard InChI is InChI=1S/C6H12N2O2/c7-4-1-5(8-3-4)2-6(9)10/h4-5,8H,1-3,7H2,(H,9,10)/t4-,5-/m0/s1. The van der Waals surface area contributed by atoms with Gasteiger partial charge in [-0.1, -0.05) is 0 Å². The molecule has 0 saturated carbocycles. The first-order valence-corrected chi connectivity index (χ1v) is 3.39. The van der Waals surface area contributed by atoms with Gasteiger partial charge in [-0.3, -0.25) is 4.79 Å². The molecule has 0 amide bonds. The van der Waals surface area contributed by atoms with Gasteiger partial charge in [0.15, 0.2) is 0 Å². The Balaban J connectivity index is 2.24.